The van der Waals surface area contributed by atoms with E-state index in [1.54, 1.807) is 13.8 Å². The number of nitrogens with zero attached hydrogens (tertiary/aromatic N) is 1. The first-order chi connectivity index (χ1) is 9.34. The summed E-state index contributed by atoms with van der Waals surface area (Å²) in [4.78, 5) is 3.29. The largest absolute Gasteiger partial charge is 0.433 e. The highest BCUT2D eigenvalue weighted by atomic mass is 35.5. The van der Waals surface area contributed by atoms with Crippen LogP contribution in [0.3, 0.4) is 0 Å². The molecule has 0 amide bonds. The fourth-order valence-electron chi connectivity index (χ4n) is 1.38. The molecule has 1 N–H and O–H groups in total. The van der Waals surface area contributed by atoms with Crippen LogP contribution in [0.15, 0.2) is 12.1 Å². The van der Waals surface area contributed by atoms with Crippen molar-refractivity contribution in [2.24, 2.45) is 0 Å². The monoisotopic (exact) mass is 344 g/mol. The number of nitrogens with one attached hydrogen (secondary N) is 1. The molecule has 0 unspecified atom stereocenters. The summed E-state index contributed by atoms with van der Waals surface area (Å²) in [7, 11) is -3.25. The zero-order valence-corrected chi connectivity index (χ0v) is 13.3. The fraction of sp³-hybridized carbons (Fsp3) is 0.583. The van der Waals surface area contributed by atoms with Crippen LogP contribution in [0.4, 0.5) is 13.2 Å². The van der Waals surface area contributed by atoms with E-state index in [2.05, 4.69) is 10.3 Å². The molecule has 0 bridgehead atoms. The molecule has 4 nitrogen and oxygen atoms in total. The van der Waals surface area contributed by atoms with E-state index in [1.807, 2.05) is 0 Å². The maximum Gasteiger partial charge on any atom is 0.433 e. The molecule has 0 saturated carbocycles. The van der Waals surface area contributed by atoms with Gasteiger partial charge in [0.15, 0.2) is 9.84 Å². The van der Waals surface area contributed by atoms with Gasteiger partial charge >= 0.3 is 6.18 Å². The van der Waals surface area contributed by atoms with Gasteiger partial charge < -0.3 is 5.32 Å². The number of hydrogen-bond donors (Lipinski definition) is 1. The summed E-state index contributed by atoms with van der Waals surface area (Å²) >= 11 is 5.71. The number of alkyl halides is 3. The number of pyridine rings is 1. The zero-order chi connectivity index (χ0) is 16.5. The van der Waals surface area contributed by atoms with Crippen LogP contribution in [-0.4, -0.2) is 30.9 Å². The SMILES string of the molecule is CC(C)(CNCc1ccc(C(F)(F)F)nc1Cl)S(C)(=O)=O. The lowest BCUT2D eigenvalue weighted by Crippen LogP contribution is -2.41. The topological polar surface area (TPSA) is 59.1 Å². The summed E-state index contributed by atoms with van der Waals surface area (Å²) in [5.74, 6) is 0. The van der Waals surface area contributed by atoms with Crippen LogP contribution in [0.25, 0.3) is 0 Å². The van der Waals surface area contributed by atoms with Crippen LogP contribution in [0.1, 0.15) is 25.1 Å². The third-order valence-corrected chi connectivity index (χ3v) is 5.57. The summed E-state index contributed by atoms with van der Waals surface area (Å²) in [5.41, 5.74) is -0.693. The van der Waals surface area contributed by atoms with Gasteiger partial charge in [-0.15, -0.1) is 0 Å². The summed E-state index contributed by atoms with van der Waals surface area (Å²) in [6, 6.07) is 2.06. The predicted octanol–water partition coefficient (Wildman–Crippen LogP) is 2.67. The van der Waals surface area contributed by atoms with Gasteiger partial charge in [-0.1, -0.05) is 17.7 Å². The Morgan fingerprint density at radius 3 is 2.29 bits per heavy atom. The van der Waals surface area contributed by atoms with Gasteiger partial charge in [0.1, 0.15) is 10.8 Å². The minimum atomic E-state index is -4.55. The van der Waals surface area contributed by atoms with E-state index in [-0.39, 0.29) is 18.2 Å². The third-order valence-electron chi connectivity index (χ3n) is 3.09. The van der Waals surface area contributed by atoms with Gasteiger partial charge in [-0.3, -0.25) is 0 Å². The second-order valence-corrected chi connectivity index (χ2v) is 8.29. The van der Waals surface area contributed by atoms with Crippen molar-refractivity contribution < 1.29 is 21.6 Å². The molecular weight excluding hydrogens is 329 g/mol. The van der Waals surface area contributed by atoms with Gasteiger partial charge in [-0.25, -0.2) is 13.4 Å². The molecule has 1 aromatic rings. The standard InChI is InChI=1S/C12H16ClF3N2O2S/c1-11(2,21(3,19)20)7-17-6-8-4-5-9(12(14,15)16)18-10(8)13/h4-5,17H,6-7H2,1-3H3. The molecule has 0 spiro atoms. The second kappa shape index (κ2) is 6.10. The van der Waals surface area contributed by atoms with Gasteiger partial charge in [0.05, 0.1) is 4.75 Å². The van der Waals surface area contributed by atoms with E-state index >= 15 is 0 Å². The van der Waals surface area contributed by atoms with Gasteiger partial charge in [-0.05, 0) is 19.9 Å². The Balaban J connectivity index is 2.74. The molecule has 1 heterocycles. The Morgan fingerprint density at radius 2 is 1.86 bits per heavy atom. The molecule has 0 saturated heterocycles. The quantitative estimate of drug-likeness (QED) is 0.834. The number of halogens is 4. The third kappa shape index (κ3) is 4.82. The van der Waals surface area contributed by atoms with Crippen molar-refractivity contribution in [1.82, 2.24) is 10.3 Å². The van der Waals surface area contributed by atoms with E-state index in [1.165, 1.54) is 6.07 Å². The van der Waals surface area contributed by atoms with Crippen LogP contribution >= 0.6 is 11.6 Å². The van der Waals surface area contributed by atoms with Gasteiger partial charge in [0.25, 0.3) is 0 Å². The Kier molecular flexibility index (Phi) is 5.28. The Labute approximate surface area is 126 Å². The Bertz CT molecular complexity index is 615. The van der Waals surface area contributed by atoms with Crippen LogP contribution in [0, 0.1) is 0 Å². The van der Waals surface area contributed by atoms with E-state index in [4.69, 9.17) is 11.6 Å². The van der Waals surface area contributed by atoms with Crippen molar-refractivity contribution in [3.8, 4) is 0 Å². The fourth-order valence-corrected chi connectivity index (χ4v) is 1.97. The van der Waals surface area contributed by atoms with Crippen molar-refractivity contribution in [3.05, 3.63) is 28.5 Å². The molecule has 0 aliphatic carbocycles. The average molecular weight is 345 g/mol. The molecule has 0 atom stereocenters. The van der Waals surface area contributed by atoms with E-state index in [0.717, 1.165) is 12.3 Å². The highest BCUT2D eigenvalue weighted by molar-refractivity contribution is 7.92. The van der Waals surface area contributed by atoms with Gasteiger partial charge in [0.2, 0.25) is 0 Å². The van der Waals surface area contributed by atoms with Crippen LogP contribution in [0.5, 0.6) is 0 Å². The van der Waals surface area contributed by atoms with Crippen molar-refractivity contribution in [3.63, 3.8) is 0 Å². The van der Waals surface area contributed by atoms with Crippen LogP contribution < -0.4 is 5.32 Å². The number of hydrogen-bond acceptors (Lipinski definition) is 4. The lowest BCUT2D eigenvalue weighted by atomic mass is 10.2. The lowest BCUT2D eigenvalue weighted by Gasteiger charge is -2.23. The maximum atomic E-state index is 12.4. The molecule has 0 aromatic carbocycles. The zero-order valence-electron chi connectivity index (χ0n) is 11.8. The number of rotatable bonds is 5. The Hall–Kier alpha value is -0.860. The summed E-state index contributed by atoms with van der Waals surface area (Å²) in [6.45, 7) is 3.38. The first-order valence-corrected chi connectivity index (χ1v) is 8.24. The maximum absolute atomic E-state index is 12.4. The number of sulfone groups is 1. The molecular formula is C12H16ClF3N2O2S. The van der Waals surface area contributed by atoms with E-state index in [9.17, 15) is 21.6 Å². The highest BCUT2D eigenvalue weighted by Gasteiger charge is 2.33. The minimum Gasteiger partial charge on any atom is -0.311 e. The molecule has 0 aliphatic heterocycles. The minimum absolute atomic E-state index is 0.128. The molecule has 0 aliphatic rings. The van der Waals surface area contributed by atoms with Crippen molar-refractivity contribution in [1.29, 1.82) is 0 Å². The molecule has 1 aromatic heterocycles. The van der Waals surface area contributed by atoms with Crippen molar-refractivity contribution in [2.45, 2.75) is 31.3 Å². The summed E-state index contributed by atoms with van der Waals surface area (Å²) < 4.78 is 59.3. The highest BCUT2D eigenvalue weighted by Crippen LogP contribution is 2.29. The van der Waals surface area contributed by atoms with Crippen molar-refractivity contribution >= 4 is 21.4 Å². The lowest BCUT2D eigenvalue weighted by molar-refractivity contribution is -0.141. The molecule has 0 fully saturated rings. The number of aromatic nitrogens is 1. The average Bonchev–Trinajstić information content (AvgIpc) is 2.28. The normalized spacial score (nSPS) is 13.5. The molecule has 0 radical (unpaired) electrons. The molecule has 21 heavy (non-hydrogen) atoms. The summed E-state index contributed by atoms with van der Waals surface area (Å²) in [6.07, 6.45) is -3.42. The first kappa shape index (κ1) is 18.2. The molecule has 9 heteroatoms. The first-order valence-electron chi connectivity index (χ1n) is 5.97. The predicted molar refractivity (Wildman–Crippen MR) is 74.9 cm³/mol. The van der Waals surface area contributed by atoms with E-state index < -0.39 is 26.5 Å². The molecule has 1 rings (SSSR count). The Morgan fingerprint density at radius 1 is 1.29 bits per heavy atom. The second-order valence-electron chi connectivity index (χ2n) is 5.28. The van der Waals surface area contributed by atoms with Crippen molar-refractivity contribution in [2.75, 3.05) is 12.8 Å². The van der Waals surface area contributed by atoms with Crippen LogP contribution in [-0.2, 0) is 22.6 Å². The molecule has 120 valence electrons. The van der Waals surface area contributed by atoms with E-state index in [0.29, 0.717) is 5.56 Å². The smallest absolute Gasteiger partial charge is 0.311 e. The van der Waals surface area contributed by atoms with Crippen LogP contribution in [0.2, 0.25) is 5.15 Å². The summed E-state index contributed by atoms with van der Waals surface area (Å²) in [5, 5.41) is 2.61. The van der Waals surface area contributed by atoms with Gasteiger partial charge in [0, 0.05) is 24.9 Å². The van der Waals surface area contributed by atoms with Gasteiger partial charge in [-0.2, -0.15) is 13.2 Å².